The molecule has 4 rings (SSSR count). The molecule has 0 bridgehead atoms. The van der Waals surface area contributed by atoms with E-state index in [0.29, 0.717) is 62.6 Å². The van der Waals surface area contributed by atoms with Crippen LogP contribution in [0.1, 0.15) is 44.1 Å². The van der Waals surface area contributed by atoms with Crippen LogP contribution in [0.5, 0.6) is 0 Å². The average Bonchev–Trinajstić information content (AvgIpc) is 3.68. The number of nitrogens with zero attached hydrogens (tertiary/aromatic N) is 4. The van der Waals surface area contributed by atoms with Gasteiger partial charge in [-0.2, -0.15) is 8.42 Å². The van der Waals surface area contributed by atoms with Crippen LogP contribution in [0.4, 0.5) is 5.69 Å². The molecule has 1 fully saturated rings. The van der Waals surface area contributed by atoms with Crippen LogP contribution in [-0.2, 0) is 34.0 Å². The lowest BCUT2D eigenvalue weighted by atomic mass is 9.97. The van der Waals surface area contributed by atoms with E-state index in [0.717, 1.165) is 17.7 Å². The first-order chi connectivity index (χ1) is 23.4. The summed E-state index contributed by atoms with van der Waals surface area (Å²) in [5, 5.41) is 5.40. The molecule has 2 aliphatic heterocycles. The summed E-state index contributed by atoms with van der Waals surface area (Å²) in [4.78, 5) is 62.6. The highest BCUT2D eigenvalue weighted by Gasteiger charge is 2.35. The maximum atomic E-state index is 13.5. The van der Waals surface area contributed by atoms with Crippen LogP contribution in [-0.4, -0.2) is 103 Å². The van der Waals surface area contributed by atoms with Crippen LogP contribution in [0.2, 0.25) is 0 Å². The molecule has 0 radical (unpaired) electrons. The third-order valence-corrected chi connectivity index (χ3v) is 9.12. The van der Waals surface area contributed by atoms with E-state index in [1.54, 1.807) is 24.5 Å². The largest absolute Gasteiger partial charge is 0.378 e. The maximum Gasteiger partial charge on any atom is 0.265 e. The van der Waals surface area contributed by atoms with Crippen LogP contribution in [0, 0.1) is 12.8 Å². The number of nitrogens with one attached hydrogen (secondary N) is 2. The molecule has 264 valence electrons. The van der Waals surface area contributed by atoms with Crippen molar-refractivity contribution in [3.63, 3.8) is 0 Å². The maximum absolute atomic E-state index is 13.5. The topological polar surface area (TPSA) is 188 Å². The van der Waals surface area contributed by atoms with E-state index >= 15 is 0 Å². The molecule has 3 amide bonds. The van der Waals surface area contributed by atoms with Crippen molar-refractivity contribution >= 4 is 39.3 Å². The Bertz CT molecular complexity index is 1650. The van der Waals surface area contributed by atoms with Gasteiger partial charge < -0.3 is 25.2 Å². The number of carbonyl (C=O) groups is 4. The Balaban J connectivity index is 1.19. The third kappa shape index (κ3) is 11.6. The van der Waals surface area contributed by atoms with Gasteiger partial charge in [0.05, 0.1) is 42.3 Å². The zero-order valence-electron chi connectivity index (χ0n) is 27.7. The zero-order chi connectivity index (χ0) is 35.4. The SMILES string of the molecule is C=C1C=CC(=O)N1CCOCCNC(=O)CCCCNC(=O)C(CC(=O)C1CCCN1c1ccnc(-c2cc(C)ccn2)c1)CS(=O)(=O)O. The quantitative estimate of drug-likeness (QED) is 0.144. The molecule has 0 aliphatic carbocycles. The van der Waals surface area contributed by atoms with E-state index in [1.807, 2.05) is 30.0 Å². The van der Waals surface area contributed by atoms with Crippen LogP contribution < -0.4 is 15.5 Å². The fourth-order valence-corrected chi connectivity index (χ4v) is 6.58. The second-order valence-corrected chi connectivity index (χ2v) is 13.6. The van der Waals surface area contributed by atoms with Gasteiger partial charge in [-0.25, -0.2) is 0 Å². The minimum absolute atomic E-state index is 0.135. The molecule has 2 aliphatic rings. The van der Waals surface area contributed by atoms with Crippen LogP contribution in [0.25, 0.3) is 11.4 Å². The number of hydrogen-bond acceptors (Lipinski definition) is 10. The molecule has 3 N–H and O–H groups in total. The zero-order valence-corrected chi connectivity index (χ0v) is 28.5. The van der Waals surface area contributed by atoms with E-state index in [-0.39, 0.29) is 43.6 Å². The van der Waals surface area contributed by atoms with E-state index < -0.39 is 33.7 Å². The Labute approximate surface area is 286 Å². The van der Waals surface area contributed by atoms with Crippen LogP contribution in [0.15, 0.2) is 61.1 Å². The van der Waals surface area contributed by atoms with Gasteiger partial charge in [0.15, 0.2) is 5.78 Å². The van der Waals surface area contributed by atoms with Gasteiger partial charge in [-0.05, 0) is 68.5 Å². The van der Waals surface area contributed by atoms with Crippen molar-refractivity contribution in [3.05, 3.63) is 66.7 Å². The number of pyridine rings is 2. The summed E-state index contributed by atoms with van der Waals surface area (Å²) in [7, 11) is -4.54. The number of ketones is 1. The minimum Gasteiger partial charge on any atom is -0.378 e. The van der Waals surface area contributed by atoms with E-state index in [2.05, 4.69) is 27.2 Å². The standard InChI is InChI=1S/C34H44N6O8S/c1-24-10-13-35-28(20-24)29-22-27(11-14-36-29)40-16-5-6-30(40)31(41)21-26(23-49(45,46)47)34(44)38-12-4-3-7-32(42)37-15-18-48-19-17-39-25(2)8-9-33(39)43/h8-11,13-14,20,22,26,30H,2-7,12,15-19,21,23H2,1H3,(H,37,42)(H,38,44)(H,45,46,47). The summed E-state index contributed by atoms with van der Waals surface area (Å²) in [6.07, 6.45) is 8.49. The third-order valence-electron chi connectivity index (χ3n) is 8.30. The average molecular weight is 697 g/mol. The summed E-state index contributed by atoms with van der Waals surface area (Å²) in [6.45, 7) is 7.78. The van der Waals surface area contributed by atoms with E-state index in [1.165, 1.54) is 11.0 Å². The number of hydrogen-bond donors (Lipinski definition) is 3. The number of aryl methyl sites for hydroxylation is 1. The molecule has 0 aromatic carbocycles. The summed E-state index contributed by atoms with van der Waals surface area (Å²) in [5.41, 5.74) is 3.78. The number of allylic oxidation sites excluding steroid dienone is 1. The second-order valence-electron chi connectivity index (χ2n) is 12.1. The molecule has 49 heavy (non-hydrogen) atoms. The first kappa shape index (κ1) is 37.4. The van der Waals surface area contributed by atoms with Gasteiger partial charge in [-0.3, -0.25) is 33.7 Å². The molecule has 14 nitrogen and oxygen atoms in total. The Hall–Kier alpha value is -4.47. The lowest BCUT2D eigenvalue weighted by Crippen LogP contribution is -2.41. The van der Waals surface area contributed by atoms with Gasteiger partial charge >= 0.3 is 0 Å². The van der Waals surface area contributed by atoms with Gasteiger partial charge in [-0.1, -0.05) is 6.58 Å². The van der Waals surface area contributed by atoms with Crippen molar-refractivity contribution in [3.8, 4) is 11.4 Å². The number of aromatic nitrogens is 2. The second kappa shape index (κ2) is 17.8. The summed E-state index contributed by atoms with van der Waals surface area (Å²) < 4.78 is 38.6. The molecule has 0 saturated carbocycles. The predicted molar refractivity (Wildman–Crippen MR) is 183 cm³/mol. The summed E-state index contributed by atoms with van der Waals surface area (Å²) in [6, 6.07) is 6.91. The molecule has 4 heterocycles. The Morgan fingerprint density at radius 1 is 1.06 bits per heavy atom. The summed E-state index contributed by atoms with van der Waals surface area (Å²) >= 11 is 0. The first-order valence-electron chi connectivity index (χ1n) is 16.4. The van der Waals surface area contributed by atoms with Crippen molar-refractivity contribution in [2.24, 2.45) is 5.92 Å². The molecular formula is C34H44N6O8S. The van der Waals surface area contributed by atoms with Gasteiger partial charge in [0.1, 0.15) is 0 Å². The molecule has 1 saturated heterocycles. The Kier molecular flexibility index (Phi) is 13.6. The monoisotopic (exact) mass is 696 g/mol. The molecule has 15 heteroatoms. The number of unbranched alkanes of at least 4 members (excludes halogenated alkanes) is 1. The number of anilines is 1. The minimum atomic E-state index is -4.54. The van der Waals surface area contributed by atoms with Gasteiger partial charge in [0.2, 0.25) is 11.8 Å². The Morgan fingerprint density at radius 3 is 2.53 bits per heavy atom. The van der Waals surface area contributed by atoms with Crippen molar-refractivity contribution in [2.75, 3.05) is 50.0 Å². The number of carbonyl (C=O) groups excluding carboxylic acids is 4. The van der Waals surface area contributed by atoms with E-state index in [9.17, 15) is 32.1 Å². The van der Waals surface area contributed by atoms with Crippen molar-refractivity contribution in [2.45, 2.75) is 51.5 Å². The Morgan fingerprint density at radius 2 is 1.82 bits per heavy atom. The van der Waals surface area contributed by atoms with Gasteiger partial charge in [-0.15, -0.1) is 0 Å². The first-order valence-corrected chi connectivity index (χ1v) is 18.0. The number of rotatable bonds is 19. The molecule has 2 unspecified atom stereocenters. The van der Waals surface area contributed by atoms with Crippen molar-refractivity contribution in [1.82, 2.24) is 25.5 Å². The molecule has 2 aromatic heterocycles. The highest BCUT2D eigenvalue weighted by atomic mass is 32.2. The van der Waals surface area contributed by atoms with Crippen molar-refractivity contribution in [1.29, 1.82) is 0 Å². The van der Waals surface area contributed by atoms with Gasteiger partial charge in [0, 0.05) is 68.9 Å². The van der Waals surface area contributed by atoms with Crippen LogP contribution in [0.3, 0.4) is 0 Å². The smallest absolute Gasteiger partial charge is 0.265 e. The molecule has 2 atom stereocenters. The van der Waals surface area contributed by atoms with E-state index in [4.69, 9.17) is 4.74 Å². The number of amides is 3. The number of ether oxygens (including phenoxy) is 1. The number of Topliss-reactive ketones (excluding diaryl/α,β-unsaturated/α-hetero) is 1. The lowest BCUT2D eigenvalue weighted by molar-refractivity contribution is -0.129. The highest BCUT2D eigenvalue weighted by molar-refractivity contribution is 7.85. The predicted octanol–water partition coefficient (Wildman–Crippen LogP) is 2.22. The molecule has 2 aromatic rings. The molecular weight excluding hydrogens is 652 g/mol. The van der Waals surface area contributed by atoms with Gasteiger partial charge in [0.25, 0.3) is 16.0 Å². The lowest BCUT2D eigenvalue weighted by Gasteiger charge is -2.27. The highest BCUT2D eigenvalue weighted by Crippen LogP contribution is 2.30. The van der Waals surface area contributed by atoms with Crippen molar-refractivity contribution < 1.29 is 36.9 Å². The summed E-state index contributed by atoms with van der Waals surface area (Å²) in [5.74, 6) is -3.40. The van der Waals surface area contributed by atoms with Crippen LogP contribution >= 0.6 is 0 Å². The molecule has 0 spiro atoms. The fourth-order valence-electron chi connectivity index (χ4n) is 5.80. The normalized spacial score (nSPS) is 16.7. The fraction of sp³-hybridized carbons (Fsp3) is 0.471.